The molecule has 4 nitrogen and oxygen atoms in total. The lowest BCUT2D eigenvalue weighted by Gasteiger charge is -2.24. The SMILES string of the molecule is NNC(=O)[C@@H]1C[C@H]2CCCC[C@@H]2N1. The van der Waals surface area contributed by atoms with Crippen molar-refractivity contribution in [2.45, 2.75) is 44.2 Å². The monoisotopic (exact) mass is 183 g/mol. The number of fused-ring (bicyclic) bond motifs is 1. The van der Waals surface area contributed by atoms with E-state index in [2.05, 4.69) is 10.7 Å². The fourth-order valence-corrected chi connectivity index (χ4v) is 2.62. The van der Waals surface area contributed by atoms with Crippen molar-refractivity contribution < 1.29 is 4.79 Å². The molecule has 3 atom stereocenters. The maximum absolute atomic E-state index is 11.3. The molecule has 0 aromatic rings. The molecule has 4 heteroatoms. The highest BCUT2D eigenvalue weighted by molar-refractivity contribution is 5.81. The molecule has 0 unspecified atom stereocenters. The summed E-state index contributed by atoms with van der Waals surface area (Å²) in [6.07, 6.45) is 6.07. The Morgan fingerprint density at radius 2 is 2.15 bits per heavy atom. The first kappa shape index (κ1) is 8.97. The highest BCUT2D eigenvalue weighted by Crippen LogP contribution is 2.32. The van der Waals surface area contributed by atoms with Gasteiger partial charge in [0.05, 0.1) is 6.04 Å². The molecule has 1 heterocycles. The molecule has 0 radical (unpaired) electrons. The van der Waals surface area contributed by atoms with Gasteiger partial charge in [0.1, 0.15) is 0 Å². The van der Waals surface area contributed by atoms with Gasteiger partial charge in [0.2, 0.25) is 0 Å². The van der Waals surface area contributed by atoms with E-state index in [-0.39, 0.29) is 11.9 Å². The van der Waals surface area contributed by atoms with Crippen LogP contribution in [-0.4, -0.2) is 18.0 Å². The summed E-state index contributed by atoms with van der Waals surface area (Å²) in [7, 11) is 0. The zero-order valence-corrected chi connectivity index (χ0v) is 7.75. The lowest BCUT2D eigenvalue weighted by Crippen LogP contribution is -2.45. The third kappa shape index (κ3) is 1.69. The fraction of sp³-hybridized carbons (Fsp3) is 0.889. The van der Waals surface area contributed by atoms with Crippen LogP contribution in [0.3, 0.4) is 0 Å². The van der Waals surface area contributed by atoms with Crippen molar-refractivity contribution in [2.24, 2.45) is 11.8 Å². The van der Waals surface area contributed by atoms with Crippen molar-refractivity contribution in [3.8, 4) is 0 Å². The Morgan fingerprint density at radius 3 is 2.85 bits per heavy atom. The maximum Gasteiger partial charge on any atom is 0.251 e. The van der Waals surface area contributed by atoms with Crippen molar-refractivity contribution in [1.82, 2.24) is 10.7 Å². The Hall–Kier alpha value is -0.610. The summed E-state index contributed by atoms with van der Waals surface area (Å²) in [4.78, 5) is 11.3. The molecule has 2 aliphatic rings. The Balaban J connectivity index is 1.94. The van der Waals surface area contributed by atoms with Crippen LogP contribution >= 0.6 is 0 Å². The predicted molar refractivity (Wildman–Crippen MR) is 49.6 cm³/mol. The van der Waals surface area contributed by atoms with Gasteiger partial charge in [-0.25, -0.2) is 5.84 Å². The van der Waals surface area contributed by atoms with Gasteiger partial charge < -0.3 is 5.32 Å². The smallest absolute Gasteiger partial charge is 0.251 e. The average Bonchev–Trinajstić information content (AvgIpc) is 2.59. The van der Waals surface area contributed by atoms with E-state index in [0.717, 1.165) is 6.42 Å². The number of nitrogens with one attached hydrogen (secondary N) is 2. The van der Waals surface area contributed by atoms with Crippen LogP contribution in [0.5, 0.6) is 0 Å². The standard InChI is InChI=1S/C9H17N3O/c10-12-9(13)8-5-6-3-1-2-4-7(6)11-8/h6-8,11H,1-5,10H2,(H,12,13)/t6-,7+,8+/m1/s1. The van der Waals surface area contributed by atoms with Crippen molar-refractivity contribution >= 4 is 5.91 Å². The summed E-state index contributed by atoms with van der Waals surface area (Å²) >= 11 is 0. The van der Waals surface area contributed by atoms with Crippen molar-refractivity contribution in [1.29, 1.82) is 0 Å². The van der Waals surface area contributed by atoms with E-state index in [0.29, 0.717) is 12.0 Å². The number of hydrogen-bond donors (Lipinski definition) is 3. The van der Waals surface area contributed by atoms with Crippen molar-refractivity contribution in [3.05, 3.63) is 0 Å². The molecular formula is C9H17N3O. The van der Waals surface area contributed by atoms with Crippen molar-refractivity contribution in [2.75, 3.05) is 0 Å². The number of carbonyl (C=O) groups excluding carboxylic acids is 1. The summed E-state index contributed by atoms with van der Waals surface area (Å²) < 4.78 is 0. The molecule has 13 heavy (non-hydrogen) atoms. The minimum atomic E-state index is -0.0607. The van der Waals surface area contributed by atoms with Crippen LogP contribution in [0.1, 0.15) is 32.1 Å². The first-order valence-corrected chi connectivity index (χ1v) is 5.08. The van der Waals surface area contributed by atoms with Gasteiger partial charge >= 0.3 is 0 Å². The van der Waals surface area contributed by atoms with Crippen LogP contribution in [0.15, 0.2) is 0 Å². The Morgan fingerprint density at radius 1 is 1.38 bits per heavy atom. The van der Waals surface area contributed by atoms with Crippen molar-refractivity contribution in [3.63, 3.8) is 0 Å². The predicted octanol–water partition coefficient (Wildman–Crippen LogP) is -0.103. The van der Waals surface area contributed by atoms with Crippen LogP contribution in [0, 0.1) is 5.92 Å². The van der Waals surface area contributed by atoms with Crippen LogP contribution in [0.2, 0.25) is 0 Å². The Bertz CT molecular complexity index is 193. The molecule has 0 bridgehead atoms. The molecule has 0 aromatic carbocycles. The number of rotatable bonds is 1. The summed E-state index contributed by atoms with van der Waals surface area (Å²) in [5, 5.41) is 3.35. The third-order valence-electron chi connectivity index (χ3n) is 3.32. The van der Waals surface area contributed by atoms with E-state index >= 15 is 0 Å². The van der Waals surface area contributed by atoms with Gasteiger partial charge in [0.25, 0.3) is 5.91 Å². The normalized spacial score (nSPS) is 38.4. The van der Waals surface area contributed by atoms with E-state index in [4.69, 9.17) is 5.84 Å². The lowest BCUT2D eigenvalue weighted by atomic mass is 9.85. The molecule has 1 aliphatic heterocycles. The summed E-state index contributed by atoms with van der Waals surface area (Å²) in [6.45, 7) is 0. The zero-order chi connectivity index (χ0) is 9.26. The number of hydrogen-bond acceptors (Lipinski definition) is 3. The van der Waals surface area contributed by atoms with Crippen LogP contribution < -0.4 is 16.6 Å². The van der Waals surface area contributed by atoms with Gasteiger partial charge in [-0.15, -0.1) is 0 Å². The van der Waals surface area contributed by atoms with Crippen LogP contribution in [0.4, 0.5) is 0 Å². The van der Waals surface area contributed by atoms with Gasteiger partial charge in [-0.2, -0.15) is 0 Å². The molecule has 1 amide bonds. The quantitative estimate of drug-likeness (QED) is 0.302. The summed E-state index contributed by atoms with van der Waals surface area (Å²) in [5.41, 5.74) is 2.22. The second-order valence-corrected chi connectivity index (χ2v) is 4.11. The molecule has 1 saturated carbocycles. The van der Waals surface area contributed by atoms with E-state index in [1.165, 1.54) is 25.7 Å². The van der Waals surface area contributed by atoms with Crippen LogP contribution in [-0.2, 0) is 4.79 Å². The number of hydrazine groups is 1. The summed E-state index contributed by atoms with van der Waals surface area (Å²) in [5.74, 6) is 5.75. The largest absolute Gasteiger partial charge is 0.303 e. The minimum Gasteiger partial charge on any atom is -0.303 e. The lowest BCUT2D eigenvalue weighted by molar-refractivity contribution is -0.122. The van der Waals surface area contributed by atoms with Gasteiger partial charge in [0, 0.05) is 6.04 Å². The second kappa shape index (κ2) is 3.64. The second-order valence-electron chi connectivity index (χ2n) is 4.11. The molecule has 1 aliphatic carbocycles. The molecule has 2 fully saturated rings. The highest BCUT2D eigenvalue weighted by atomic mass is 16.2. The number of carbonyl (C=O) groups is 1. The van der Waals surface area contributed by atoms with Gasteiger partial charge in [0.15, 0.2) is 0 Å². The van der Waals surface area contributed by atoms with Crippen LogP contribution in [0.25, 0.3) is 0 Å². The highest BCUT2D eigenvalue weighted by Gasteiger charge is 2.37. The minimum absolute atomic E-state index is 0.0434. The third-order valence-corrected chi connectivity index (χ3v) is 3.32. The first-order chi connectivity index (χ1) is 6.31. The number of nitrogens with two attached hydrogens (primary N) is 1. The average molecular weight is 183 g/mol. The molecule has 2 rings (SSSR count). The zero-order valence-electron chi connectivity index (χ0n) is 7.75. The summed E-state index contributed by atoms with van der Waals surface area (Å²) in [6, 6.07) is 0.522. The van der Waals surface area contributed by atoms with E-state index in [9.17, 15) is 4.79 Å². The molecule has 1 saturated heterocycles. The van der Waals surface area contributed by atoms with Gasteiger partial charge in [-0.1, -0.05) is 12.8 Å². The van der Waals surface area contributed by atoms with E-state index < -0.39 is 0 Å². The molecule has 74 valence electrons. The maximum atomic E-state index is 11.3. The molecule has 0 spiro atoms. The Kier molecular flexibility index (Phi) is 2.51. The van der Waals surface area contributed by atoms with Gasteiger partial charge in [-0.3, -0.25) is 10.2 Å². The molecule has 0 aromatic heterocycles. The molecule has 4 N–H and O–H groups in total. The van der Waals surface area contributed by atoms with Gasteiger partial charge in [-0.05, 0) is 25.2 Å². The fourth-order valence-electron chi connectivity index (χ4n) is 2.62. The number of amides is 1. The Labute approximate surface area is 78.2 Å². The van der Waals surface area contributed by atoms with E-state index in [1.54, 1.807) is 0 Å². The molecular weight excluding hydrogens is 166 g/mol. The first-order valence-electron chi connectivity index (χ1n) is 5.08. The van der Waals surface area contributed by atoms with E-state index in [1.807, 2.05) is 0 Å². The topological polar surface area (TPSA) is 67.1 Å².